The van der Waals surface area contributed by atoms with Crippen molar-refractivity contribution in [2.45, 2.75) is 57.3 Å². The summed E-state index contributed by atoms with van der Waals surface area (Å²) >= 11 is 0. The van der Waals surface area contributed by atoms with Crippen molar-refractivity contribution >= 4 is 30.4 Å². The van der Waals surface area contributed by atoms with Crippen molar-refractivity contribution in [3.8, 4) is 0 Å². The summed E-state index contributed by atoms with van der Waals surface area (Å²) in [6.45, 7) is 8.56. The summed E-state index contributed by atoms with van der Waals surface area (Å²) in [5.41, 5.74) is 1.27. The number of carbonyl (C=O) groups excluding carboxylic acids is 1. The largest absolute Gasteiger partial charge is 0.516 e. The molecule has 0 spiro atoms. The smallest absolute Gasteiger partial charge is 0.407 e. The minimum absolute atomic E-state index is 0.0820. The van der Waals surface area contributed by atoms with Gasteiger partial charge in [-0.25, -0.2) is 4.79 Å². The first kappa shape index (κ1) is 31.1. The van der Waals surface area contributed by atoms with Crippen LogP contribution in [0.15, 0.2) is 73.0 Å². The lowest BCUT2D eigenvalue weighted by Crippen LogP contribution is -2.68. The van der Waals surface area contributed by atoms with Crippen molar-refractivity contribution in [3.63, 3.8) is 0 Å². The number of carbonyl (C=O) groups is 2. The van der Waals surface area contributed by atoms with Gasteiger partial charge in [-0.2, -0.15) is 5.10 Å². The van der Waals surface area contributed by atoms with Gasteiger partial charge < -0.3 is 25.1 Å². The summed E-state index contributed by atoms with van der Waals surface area (Å²) in [7, 11) is -1.16. The lowest BCUT2D eigenvalue weighted by molar-refractivity contribution is 0.0738. The number of aliphatic hydroxyl groups is 2. The molecule has 1 aromatic heterocycles. The second-order valence-corrected chi connectivity index (χ2v) is 17.2. The number of H-pyrrole nitrogens is 1. The highest BCUT2D eigenvalue weighted by Crippen LogP contribution is 2.47. The predicted octanol–water partition coefficient (Wildman–Crippen LogP) is 4.02. The number of rotatable bonds is 9. The Labute approximate surface area is 248 Å². The molecule has 0 saturated heterocycles. The number of carboxylic acid groups (broad SMARTS) is 1. The zero-order valence-electron chi connectivity index (χ0n) is 25.0. The van der Waals surface area contributed by atoms with E-state index >= 15 is 0 Å². The molecule has 3 aromatic rings. The van der Waals surface area contributed by atoms with Crippen LogP contribution in [0.1, 0.15) is 49.4 Å². The molecule has 4 N–H and O–H groups in total. The van der Waals surface area contributed by atoms with Crippen molar-refractivity contribution in [3.05, 3.63) is 90.0 Å². The minimum Gasteiger partial charge on any atom is -0.516 e. The lowest BCUT2D eigenvalue weighted by atomic mass is 9.99. The van der Waals surface area contributed by atoms with Gasteiger partial charge in [0.05, 0.1) is 18.5 Å². The number of hydrogen-bond donors (Lipinski definition) is 4. The van der Waals surface area contributed by atoms with Gasteiger partial charge in [0, 0.05) is 44.1 Å². The third-order valence-electron chi connectivity index (χ3n) is 8.79. The number of aromatic nitrogens is 2. The SMILES string of the molecule is C[C@@H]1Cc2n[nH]c(C(=O)N(C)C[C@H](CO)[C@@H](C=CO)[Si](c3ccccc3)(c3ccccc3)C(C)(C)C)c2CN1C(=O)O. The van der Waals surface area contributed by atoms with E-state index in [1.807, 2.05) is 43.3 Å². The third-order valence-corrected chi connectivity index (χ3v) is 15.3. The standard InChI is InChI=1S/C32H42N4O5Si/c1-22-18-27-26(20-36(22)31(40)41)29(34-33-27)30(39)35(5)19-23(21-38)28(16-17-37)42(32(2,3)4,24-12-8-6-9-13-24)25-14-10-7-11-15-25/h6-17,22-23,28,37-38H,18-21H2,1-5H3,(H,33,34)(H,40,41)/t22-,23-,28-/m1/s1. The number of fused-ring (bicyclic) bond motifs is 1. The normalized spacial score (nSPS) is 17.1. The summed E-state index contributed by atoms with van der Waals surface area (Å²) in [4.78, 5) is 28.5. The Kier molecular flexibility index (Phi) is 9.27. The highest BCUT2D eigenvalue weighted by Gasteiger charge is 2.54. The van der Waals surface area contributed by atoms with Crippen LogP contribution in [0.5, 0.6) is 0 Å². The number of amides is 2. The summed E-state index contributed by atoms with van der Waals surface area (Å²) in [6.07, 6.45) is 2.25. The monoisotopic (exact) mass is 590 g/mol. The number of aliphatic hydroxyl groups excluding tert-OH is 2. The second kappa shape index (κ2) is 12.5. The van der Waals surface area contributed by atoms with Gasteiger partial charge in [0.1, 0.15) is 13.8 Å². The molecule has 0 aliphatic carbocycles. The molecule has 4 rings (SSSR count). The van der Waals surface area contributed by atoms with E-state index in [1.54, 1.807) is 18.0 Å². The zero-order chi connectivity index (χ0) is 30.7. The fourth-order valence-corrected chi connectivity index (χ4v) is 13.4. The maximum atomic E-state index is 13.8. The second-order valence-electron chi connectivity index (χ2n) is 12.3. The molecule has 0 saturated carbocycles. The summed E-state index contributed by atoms with van der Waals surface area (Å²) in [6, 6.07) is 20.4. The number of aromatic amines is 1. The van der Waals surface area contributed by atoms with Crippen LogP contribution >= 0.6 is 0 Å². The molecular formula is C32H42N4O5Si. The molecule has 2 heterocycles. The van der Waals surface area contributed by atoms with E-state index < -0.39 is 20.1 Å². The Bertz CT molecular complexity index is 1360. The first-order chi connectivity index (χ1) is 20.0. The van der Waals surface area contributed by atoms with E-state index in [9.17, 15) is 24.9 Å². The molecule has 1 aliphatic rings. The number of nitrogens with zero attached hydrogens (tertiary/aromatic N) is 3. The highest BCUT2D eigenvalue weighted by atomic mass is 28.3. The average molecular weight is 591 g/mol. The molecule has 224 valence electrons. The van der Waals surface area contributed by atoms with Crippen molar-refractivity contribution in [1.82, 2.24) is 20.0 Å². The Hall–Kier alpha value is -3.89. The average Bonchev–Trinajstić information content (AvgIpc) is 3.37. The topological polar surface area (TPSA) is 130 Å². The fraction of sp³-hybridized carbons (Fsp3) is 0.406. The van der Waals surface area contributed by atoms with Crippen LogP contribution in [0.25, 0.3) is 0 Å². The lowest BCUT2D eigenvalue weighted by Gasteiger charge is -2.51. The first-order valence-corrected chi connectivity index (χ1v) is 16.4. The fourth-order valence-electron chi connectivity index (χ4n) is 6.87. The summed E-state index contributed by atoms with van der Waals surface area (Å²) < 4.78 is 0. The Morgan fingerprint density at radius 2 is 1.69 bits per heavy atom. The molecule has 0 fully saturated rings. The van der Waals surface area contributed by atoms with Gasteiger partial charge in [-0.1, -0.05) is 91.8 Å². The Balaban J connectivity index is 1.76. The van der Waals surface area contributed by atoms with Gasteiger partial charge in [0.25, 0.3) is 5.91 Å². The zero-order valence-corrected chi connectivity index (χ0v) is 26.0. The van der Waals surface area contributed by atoms with Crippen LogP contribution in [0.2, 0.25) is 10.6 Å². The molecule has 2 aromatic carbocycles. The molecule has 3 atom stereocenters. The molecule has 0 unspecified atom stereocenters. The first-order valence-electron chi connectivity index (χ1n) is 14.3. The van der Waals surface area contributed by atoms with E-state index in [4.69, 9.17) is 0 Å². The molecule has 2 amide bonds. The molecule has 0 radical (unpaired) electrons. The van der Waals surface area contributed by atoms with Crippen molar-refractivity contribution in [1.29, 1.82) is 0 Å². The molecular weight excluding hydrogens is 548 g/mol. The molecule has 1 aliphatic heterocycles. The van der Waals surface area contributed by atoms with Crippen molar-refractivity contribution in [2.24, 2.45) is 5.92 Å². The van der Waals surface area contributed by atoms with Crippen LogP contribution in [0.4, 0.5) is 4.79 Å². The van der Waals surface area contributed by atoms with Crippen LogP contribution in [-0.2, 0) is 13.0 Å². The maximum Gasteiger partial charge on any atom is 0.407 e. The van der Waals surface area contributed by atoms with Gasteiger partial charge in [-0.3, -0.25) is 9.89 Å². The maximum absolute atomic E-state index is 13.8. The van der Waals surface area contributed by atoms with Gasteiger partial charge in [0.15, 0.2) is 0 Å². The Morgan fingerprint density at radius 1 is 1.12 bits per heavy atom. The van der Waals surface area contributed by atoms with Gasteiger partial charge >= 0.3 is 6.09 Å². The molecule has 0 bridgehead atoms. The van der Waals surface area contributed by atoms with Gasteiger partial charge in [-0.05, 0) is 23.6 Å². The van der Waals surface area contributed by atoms with E-state index in [-0.39, 0.29) is 47.9 Å². The van der Waals surface area contributed by atoms with Gasteiger partial charge in [0.2, 0.25) is 0 Å². The predicted molar refractivity (Wildman–Crippen MR) is 166 cm³/mol. The summed E-state index contributed by atoms with van der Waals surface area (Å²) in [5.74, 6) is -0.737. The number of hydrogen-bond acceptors (Lipinski definition) is 5. The number of benzene rings is 2. The van der Waals surface area contributed by atoms with Crippen molar-refractivity contribution < 1.29 is 24.9 Å². The third kappa shape index (κ3) is 5.60. The van der Waals surface area contributed by atoms with Gasteiger partial charge in [-0.15, -0.1) is 0 Å². The number of nitrogens with one attached hydrogen (secondary N) is 1. The van der Waals surface area contributed by atoms with E-state index in [1.165, 1.54) is 15.3 Å². The van der Waals surface area contributed by atoms with Crippen LogP contribution in [-0.4, -0.2) is 81.6 Å². The van der Waals surface area contributed by atoms with Crippen LogP contribution in [0, 0.1) is 5.92 Å². The number of allylic oxidation sites excluding steroid dienone is 1. The van der Waals surface area contributed by atoms with Crippen molar-refractivity contribution in [2.75, 3.05) is 20.2 Å². The van der Waals surface area contributed by atoms with E-state index in [0.717, 1.165) is 6.26 Å². The quantitative estimate of drug-likeness (QED) is 0.220. The molecule has 9 nitrogen and oxygen atoms in total. The highest BCUT2D eigenvalue weighted by molar-refractivity contribution is 7.05. The van der Waals surface area contributed by atoms with Crippen LogP contribution < -0.4 is 10.4 Å². The van der Waals surface area contributed by atoms with E-state index in [2.05, 4.69) is 55.2 Å². The Morgan fingerprint density at radius 3 is 2.17 bits per heavy atom. The molecule has 42 heavy (non-hydrogen) atoms. The summed E-state index contributed by atoms with van der Waals surface area (Å²) in [5, 5.41) is 40.1. The molecule has 10 heteroatoms. The van der Waals surface area contributed by atoms with E-state index in [0.29, 0.717) is 17.7 Å². The minimum atomic E-state index is -2.84. The van der Waals surface area contributed by atoms with Crippen LogP contribution in [0.3, 0.4) is 0 Å².